The minimum Gasteiger partial charge on any atom is -0.480 e. The molecule has 1 atom stereocenters. The van der Waals surface area contributed by atoms with Crippen LogP contribution in [-0.4, -0.2) is 38.3 Å². The Labute approximate surface area is 136 Å². The van der Waals surface area contributed by atoms with Crippen LogP contribution < -0.4 is 0 Å². The summed E-state index contributed by atoms with van der Waals surface area (Å²) in [6.07, 6.45) is 2.83. The largest absolute Gasteiger partial charge is 0.480 e. The third-order valence-corrected chi connectivity index (χ3v) is 4.47. The van der Waals surface area contributed by atoms with Crippen molar-refractivity contribution in [1.82, 2.24) is 14.7 Å². The van der Waals surface area contributed by atoms with Gasteiger partial charge in [-0.1, -0.05) is 18.6 Å². The zero-order valence-electron chi connectivity index (χ0n) is 13.7. The van der Waals surface area contributed by atoms with Gasteiger partial charge in [0, 0.05) is 12.2 Å². The van der Waals surface area contributed by atoms with Gasteiger partial charge in [0.1, 0.15) is 6.04 Å². The molecule has 1 aliphatic heterocycles. The predicted octanol–water partition coefficient (Wildman–Crippen LogP) is 2.93. The van der Waals surface area contributed by atoms with Gasteiger partial charge in [0.25, 0.3) is 0 Å². The molecule has 1 fully saturated rings. The van der Waals surface area contributed by atoms with Crippen molar-refractivity contribution in [3.63, 3.8) is 0 Å². The first kappa shape index (κ1) is 15.7. The van der Waals surface area contributed by atoms with Crippen LogP contribution in [0.1, 0.15) is 36.2 Å². The molecule has 2 heterocycles. The van der Waals surface area contributed by atoms with Gasteiger partial charge in [0.2, 0.25) is 0 Å². The number of piperidine rings is 1. The van der Waals surface area contributed by atoms with Crippen molar-refractivity contribution in [2.75, 3.05) is 6.54 Å². The van der Waals surface area contributed by atoms with Crippen molar-refractivity contribution < 1.29 is 9.90 Å². The highest BCUT2D eigenvalue weighted by Crippen LogP contribution is 2.21. The summed E-state index contributed by atoms with van der Waals surface area (Å²) in [6.45, 7) is 5.57. The summed E-state index contributed by atoms with van der Waals surface area (Å²) < 4.78 is 1.93. The van der Waals surface area contributed by atoms with Crippen molar-refractivity contribution in [3.05, 3.63) is 47.3 Å². The fourth-order valence-corrected chi connectivity index (χ4v) is 3.33. The van der Waals surface area contributed by atoms with Crippen LogP contribution >= 0.6 is 0 Å². The molecule has 5 nitrogen and oxygen atoms in total. The van der Waals surface area contributed by atoms with Crippen molar-refractivity contribution >= 4 is 5.97 Å². The van der Waals surface area contributed by atoms with E-state index in [0.29, 0.717) is 6.54 Å². The Morgan fingerprint density at radius 1 is 1.26 bits per heavy atom. The average Bonchev–Trinajstić information content (AvgIpc) is 2.87. The molecule has 1 unspecified atom stereocenters. The first-order chi connectivity index (χ1) is 11.0. The van der Waals surface area contributed by atoms with Gasteiger partial charge in [-0.2, -0.15) is 5.10 Å². The molecular formula is C18H23N3O2. The number of nitrogens with zero attached hydrogens (tertiary/aromatic N) is 3. The predicted molar refractivity (Wildman–Crippen MR) is 88.7 cm³/mol. The summed E-state index contributed by atoms with van der Waals surface area (Å²) in [5, 5.41) is 13.8. The maximum Gasteiger partial charge on any atom is 0.320 e. The van der Waals surface area contributed by atoms with Crippen molar-refractivity contribution in [2.45, 2.75) is 45.7 Å². The lowest BCUT2D eigenvalue weighted by Crippen LogP contribution is -2.43. The molecule has 122 valence electrons. The van der Waals surface area contributed by atoms with Gasteiger partial charge in [0.05, 0.1) is 11.4 Å². The van der Waals surface area contributed by atoms with Crippen LogP contribution in [0.25, 0.3) is 5.69 Å². The summed E-state index contributed by atoms with van der Waals surface area (Å²) in [4.78, 5) is 13.5. The van der Waals surface area contributed by atoms with E-state index < -0.39 is 5.97 Å². The molecule has 0 saturated carbocycles. The SMILES string of the molecule is Cc1cc(C)n(-c2ccc(CN3CCCCC3C(=O)O)cc2)n1. The van der Waals surface area contributed by atoms with Gasteiger partial charge in [-0.3, -0.25) is 9.69 Å². The van der Waals surface area contributed by atoms with Crippen LogP contribution in [0.5, 0.6) is 0 Å². The number of aromatic nitrogens is 2. The second-order valence-electron chi connectivity index (χ2n) is 6.33. The maximum atomic E-state index is 11.4. The van der Waals surface area contributed by atoms with Gasteiger partial charge in [-0.15, -0.1) is 0 Å². The standard InChI is InChI=1S/C18H23N3O2/c1-13-11-14(2)21(19-13)16-8-6-15(7-9-16)12-20-10-4-3-5-17(20)18(22)23/h6-9,11,17H,3-5,10,12H2,1-2H3,(H,22,23). The van der Waals surface area contributed by atoms with Crippen LogP contribution in [0.3, 0.4) is 0 Å². The molecular weight excluding hydrogens is 290 g/mol. The van der Waals surface area contributed by atoms with Gasteiger partial charge in [0.15, 0.2) is 0 Å². The Morgan fingerprint density at radius 3 is 2.61 bits per heavy atom. The fourth-order valence-electron chi connectivity index (χ4n) is 3.33. The number of aryl methyl sites for hydroxylation is 2. The average molecular weight is 313 g/mol. The van der Waals surface area contributed by atoms with Crippen molar-refractivity contribution in [3.8, 4) is 5.69 Å². The summed E-state index contributed by atoms with van der Waals surface area (Å²) in [5.74, 6) is -0.705. The van der Waals surface area contributed by atoms with Crippen LogP contribution in [0, 0.1) is 13.8 Å². The van der Waals surface area contributed by atoms with Gasteiger partial charge in [-0.25, -0.2) is 4.68 Å². The van der Waals surface area contributed by atoms with E-state index in [1.807, 2.05) is 18.5 Å². The lowest BCUT2D eigenvalue weighted by atomic mass is 10.0. The van der Waals surface area contributed by atoms with Gasteiger partial charge < -0.3 is 5.11 Å². The fraction of sp³-hybridized carbons (Fsp3) is 0.444. The lowest BCUT2D eigenvalue weighted by molar-refractivity contribution is -0.144. The zero-order chi connectivity index (χ0) is 16.4. The number of aliphatic carboxylic acids is 1. The molecule has 2 aromatic rings. The second-order valence-corrected chi connectivity index (χ2v) is 6.33. The molecule has 3 rings (SSSR count). The van der Waals surface area contributed by atoms with E-state index in [2.05, 4.69) is 40.3 Å². The first-order valence-corrected chi connectivity index (χ1v) is 8.14. The smallest absolute Gasteiger partial charge is 0.320 e. The number of likely N-dealkylation sites (tertiary alicyclic amines) is 1. The van der Waals surface area contributed by atoms with E-state index in [4.69, 9.17) is 0 Å². The Kier molecular flexibility index (Phi) is 4.48. The first-order valence-electron chi connectivity index (χ1n) is 8.14. The van der Waals surface area contributed by atoms with E-state index in [1.165, 1.54) is 0 Å². The second kappa shape index (κ2) is 6.54. The van der Waals surface area contributed by atoms with E-state index in [0.717, 1.165) is 48.4 Å². The topological polar surface area (TPSA) is 58.4 Å². The van der Waals surface area contributed by atoms with E-state index >= 15 is 0 Å². The minimum atomic E-state index is -0.705. The van der Waals surface area contributed by atoms with Crippen LogP contribution in [0.15, 0.2) is 30.3 Å². The van der Waals surface area contributed by atoms with Crippen LogP contribution in [-0.2, 0) is 11.3 Å². The molecule has 0 aliphatic carbocycles. The highest BCUT2D eigenvalue weighted by atomic mass is 16.4. The third-order valence-electron chi connectivity index (χ3n) is 4.47. The number of carbonyl (C=O) groups is 1. The summed E-state index contributed by atoms with van der Waals surface area (Å²) in [5.41, 5.74) is 4.29. The van der Waals surface area contributed by atoms with E-state index in [-0.39, 0.29) is 6.04 Å². The highest BCUT2D eigenvalue weighted by molar-refractivity contribution is 5.73. The minimum absolute atomic E-state index is 0.348. The molecule has 1 aromatic carbocycles. The van der Waals surface area contributed by atoms with Crippen LogP contribution in [0.4, 0.5) is 0 Å². The Hall–Kier alpha value is -2.14. The molecule has 0 amide bonds. The highest BCUT2D eigenvalue weighted by Gasteiger charge is 2.28. The molecule has 1 N–H and O–H groups in total. The molecule has 0 radical (unpaired) electrons. The molecule has 0 spiro atoms. The Morgan fingerprint density at radius 2 is 2.00 bits per heavy atom. The number of benzene rings is 1. The summed E-state index contributed by atoms with van der Waals surface area (Å²) >= 11 is 0. The van der Waals surface area contributed by atoms with Gasteiger partial charge in [-0.05, 0) is 57.0 Å². The number of carboxylic acid groups (broad SMARTS) is 1. The maximum absolute atomic E-state index is 11.4. The molecule has 5 heteroatoms. The quantitative estimate of drug-likeness (QED) is 0.943. The molecule has 1 aromatic heterocycles. The molecule has 23 heavy (non-hydrogen) atoms. The van der Waals surface area contributed by atoms with E-state index in [1.54, 1.807) is 0 Å². The van der Waals surface area contributed by atoms with Crippen molar-refractivity contribution in [2.24, 2.45) is 0 Å². The Bertz CT molecular complexity index is 691. The number of carboxylic acids is 1. The number of hydrogen-bond donors (Lipinski definition) is 1. The summed E-state index contributed by atoms with van der Waals surface area (Å²) in [6, 6.07) is 9.94. The zero-order valence-corrected chi connectivity index (χ0v) is 13.7. The molecule has 0 bridgehead atoms. The van der Waals surface area contributed by atoms with Crippen molar-refractivity contribution in [1.29, 1.82) is 0 Å². The normalized spacial score (nSPS) is 19.0. The molecule has 1 saturated heterocycles. The van der Waals surface area contributed by atoms with E-state index in [9.17, 15) is 9.90 Å². The van der Waals surface area contributed by atoms with Gasteiger partial charge >= 0.3 is 5.97 Å². The van der Waals surface area contributed by atoms with Crippen LogP contribution in [0.2, 0.25) is 0 Å². The third kappa shape index (κ3) is 3.45. The lowest BCUT2D eigenvalue weighted by Gasteiger charge is -2.32. The molecule has 1 aliphatic rings. The monoisotopic (exact) mass is 313 g/mol. The number of rotatable bonds is 4. The summed E-state index contributed by atoms with van der Waals surface area (Å²) in [7, 11) is 0. The Balaban J connectivity index is 1.74. The number of hydrogen-bond acceptors (Lipinski definition) is 3.